The van der Waals surface area contributed by atoms with Crippen LogP contribution in [0, 0.1) is 0 Å². The van der Waals surface area contributed by atoms with Gasteiger partial charge in [0.15, 0.2) is 5.79 Å². The number of aromatic amines is 1. The van der Waals surface area contributed by atoms with Crippen LogP contribution in [0.15, 0.2) is 18.2 Å². The third-order valence-electron chi connectivity index (χ3n) is 6.03. The summed E-state index contributed by atoms with van der Waals surface area (Å²) in [4.78, 5) is 30.8. The summed E-state index contributed by atoms with van der Waals surface area (Å²) in [5.41, 5.74) is 1.33. The number of esters is 1. The molecule has 0 radical (unpaired) electrons. The van der Waals surface area contributed by atoms with E-state index in [2.05, 4.69) is 15.2 Å². The van der Waals surface area contributed by atoms with Gasteiger partial charge in [0.05, 0.1) is 38.7 Å². The molecule has 0 aliphatic carbocycles. The van der Waals surface area contributed by atoms with Crippen LogP contribution in [0.1, 0.15) is 37.2 Å². The molecule has 0 bridgehead atoms. The number of nitrogens with zero attached hydrogens (tertiary/aromatic N) is 1. The number of benzene rings is 1. The zero-order valence-electron chi connectivity index (χ0n) is 18.2. The number of hydrogen-bond acceptors (Lipinski definition) is 7. The quantitative estimate of drug-likeness (QED) is 0.678. The van der Waals surface area contributed by atoms with E-state index in [-0.39, 0.29) is 24.2 Å². The van der Waals surface area contributed by atoms with Gasteiger partial charge in [-0.2, -0.15) is 0 Å². The van der Waals surface area contributed by atoms with Crippen molar-refractivity contribution in [2.45, 2.75) is 38.5 Å². The average Bonchev–Trinajstić information content (AvgIpc) is 3.38. The molecule has 2 N–H and O–H groups in total. The normalized spacial score (nSPS) is 19.5. The van der Waals surface area contributed by atoms with Crippen LogP contribution >= 0.6 is 0 Å². The van der Waals surface area contributed by atoms with Crippen molar-refractivity contribution in [3.63, 3.8) is 0 Å². The minimum atomic E-state index is -0.518. The molecule has 2 aromatic rings. The van der Waals surface area contributed by atoms with E-state index in [0.29, 0.717) is 48.6 Å². The summed E-state index contributed by atoms with van der Waals surface area (Å²) < 4.78 is 22.0. The Morgan fingerprint density at radius 3 is 2.61 bits per heavy atom. The fourth-order valence-electron chi connectivity index (χ4n) is 4.22. The number of carbonyl (C=O) groups is 2. The predicted molar refractivity (Wildman–Crippen MR) is 114 cm³/mol. The van der Waals surface area contributed by atoms with Crippen LogP contribution in [0.5, 0.6) is 5.75 Å². The first kappa shape index (κ1) is 21.6. The van der Waals surface area contributed by atoms with Gasteiger partial charge in [-0.3, -0.25) is 9.69 Å². The molecule has 2 fully saturated rings. The van der Waals surface area contributed by atoms with E-state index in [4.69, 9.17) is 18.9 Å². The van der Waals surface area contributed by atoms with E-state index in [1.165, 1.54) is 0 Å². The van der Waals surface area contributed by atoms with Crippen molar-refractivity contribution in [1.29, 1.82) is 0 Å². The Bertz CT molecular complexity index is 956. The Hall–Kier alpha value is -2.62. The Labute approximate surface area is 181 Å². The average molecular weight is 431 g/mol. The number of nitrogens with one attached hydrogen (secondary N) is 2. The molecular weight excluding hydrogens is 402 g/mol. The van der Waals surface area contributed by atoms with Crippen LogP contribution in [-0.4, -0.2) is 73.6 Å². The second kappa shape index (κ2) is 8.86. The van der Waals surface area contributed by atoms with Crippen LogP contribution in [0.4, 0.5) is 5.69 Å². The lowest BCUT2D eigenvalue weighted by Crippen LogP contribution is -2.51. The molecule has 168 valence electrons. The smallest absolute Gasteiger partial charge is 0.356 e. The van der Waals surface area contributed by atoms with Crippen LogP contribution in [-0.2, 0) is 19.0 Å². The monoisotopic (exact) mass is 431 g/mol. The Morgan fingerprint density at radius 2 is 1.97 bits per heavy atom. The van der Waals surface area contributed by atoms with Crippen molar-refractivity contribution in [2.75, 3.05) is 45.3 Å². The summed E-state index contributed by atoms with van der Waals surface area (Å²) in [5, 5.41) is 3.64. The number of rotatable bonds is 6. The van der Waals surface area contributed by atoms with Crippen LogP contribution in [0.25, 0.3) is 10.9 Å². The first-order valence-electron chi connectivity index (χ1n) is 10.7. The van der Waals surface area contributed by atoms with Crippen molar-refractivity contribution in [1.82, 2.24) is 9.88 Å². The summed E-state index contributed by atoms with van der Waals surface area (Å²) in [6.45, 7) is 6.48. The van der Waals surface area contributed by atoms with Crippen molar-refractivity contribution >= 4 is 28.5 Å². The molecule has 1 amide bonds. The van der Waals surface area contributed by atoms with E-state index in [9.17, 15) is 9.59 Å². The van der Waals surface area contributed by atoms with E-state index in [0.717, 1.165) is 12.8 Å². The number of aromatic nitrogens is 1. The minimum Gasteiger partial charge on any atom is -0.497 e. The van der Waals surface area contributed by atoms with Crippen molar-refractivity contribution in [2.24, 2.45) is 0 Å². The Morgan fingerprint density at radius 1 is 1.26 bits per heavy atom. The maximum Gasteiger partial charge on any atom is 0.356 e. The van der Waals surface area contributed by atoms with Gasteiger partial charge in [-0.25, -0.2) is 4.79 Å². The maximum absolute atomic E-state index is 13.1. The molecular formula is C22H29N3O6. The lowest BCUT2D eigenvalue weighted by atomic mass is 10.0. The lowest BCUT2D eigenvalue weighted by Gasteiger charge is -2.39. The standard InChI is InChI=1S/C22H29N3O6/c1-4-29-21(27)19-18(16-13-15(28-3)5-6-17(16)23-19)24-20(26)14(2)25-9-7-22(8-10-25)30-11-12-31-22/h5-6,13-14,23H,4,7-12H2,1-3H3,(H,24,26)/t14-/m0/s1. The molecule has 2 aliphatic heterocycles. The number of hydrogen-bond donors (Lipinski definition) is 2. The SMILES string of the molecule is CCOC(=O)c1[nH]c2ccc(OC)cc2c1NC(=O)[C@H](C)N1CCC2(CC1)OCCO2. The van der Waals surface area contributed by atoms with E-state index in [1.807, 2.05) is 13.0 Å². The summed E-state index contributed by atoms with van der Waals surface area (Å²) in [6.07, 6.45) is 1.45. The predicted octanol–water partition coefficient (Wildman–Crippen LogP) is 2.52. The zero-order chi connectivity index (χ0) is 22.0. The van der Waals surface area contributed by atoms with Crippen molar-refractivity contribution in [3.8, 4) is 5.75 Å². The highest BCUT2D eigenvalue weighted by atomic mass is 16.7. The second-order valence-corrected chi connectivity index (χ2v) is 7.82. The molecule has 1 atom stereocenters. The lowest BCUT2D eigenvalue weighted by molar-refractivity contribution is -0.187. The first-order valence-corrected chi connectivity index (χ1v) is 10.7. The van der Waals surface area contributed by atoms with E-state index >= 15 is 0 Å². The number of methoxy groups -OCH3 is 1. The van der Waals surface area contributed by atoms with E-state index in [1.54, 1.807) is 26.2 Å². The van der Waals surface area contributed by atoms with Gasteiger partial charge >= 0.3 is 5.97 Å². The van der Waals surface area contributed by atoms with Gasteiger partial charge < -0.3 is 29.2 Å². The van der Waals surface area contributed by atoms with Gasteiger partial charge in [-0.15, -0.1) is 0 Å². The number of likely N-dealkylation sites (tertiary alicyclic amines) is 1. The van der Waals surface area contributed by atoms with Gasteiger partial charge in [0, 0.05) is 36.8 Å². The largest absolute Gasteiger partial charge is 0.497 e. The molecule has 1 aromatic carbocycles. The molecule has 2 aliphatic rings. The van der Waals surface area contributed by atoms with Gasteiger partial charge in [0.1, 0.15) is 11.4 Å². The summed E-state index contributed by atoms with van der Waals surface area (Å²) in [6, 6.07) is 5.00. The molecule has 9 nitrogen and oxygen atoms in total. The van der Waals surface area contributed by atoms with Gasteiger partial charge in [0.2, 0.25) is 5.91 Å². The van der Waals surface area contributed by atoms with Crippen molar-refractivity contribution < 1.29 is 28.5 Å². The maximum atomic E-state index is 13.1. The summed E-state index contributed by atoms with van der Waals surface area (Å²) >= 11 is 0. The zero-order valence-corrected chi connectivity index (χ0v) is 18.2. The fraction of sp³-hybridized carbons (Fsp3) is 0.545. The number of fused-ring (bicyclic) bond motifs is 1. The molecule has 0 unspecified atom stereocenters. The topological polar surface area (TPSA) is 102 Å². The molecule has 9 heteroatoms. The second-order valence-electron chi connectivity index (χ2n) is 7.82. The fourth-order valence-corrected chi connectivity index (χ4v) is 4.22. The van der Waals surface area contributed by atoms with Gasteiger partial charge in [0.25, 0.3) is 0 Å². The number of ether oxygens (including phenoxy) is 4. The molecule has 4 rings (SSSR count). The Kier molecular flexibility index (Phi) is 6.17. The van der Waals surface area contributed by atoms with Crippen LogP contribution < -0.4 is 10.1 Å². The van der Waals surface area contributed by atoms with Crippen LogP contribution in [0.3, 0.4) is 0 Å². The number of piperidine rings is 1. The highest BCUT2D eigenvalue weighted by Crippen LogP contribution is 2.34. The number of anilines is 1. The molecule has 2 saturated heterocycles. The highest BCUT2D eigenvalue weighted by molar-refractivity contribution is 6.12. The number of H-pyrrole nitrogens is 1. The van der Waals surface area contributed by atoms with Crippen LogP contribution in [0.2, 0.25) is 0 Å². The first-order chi connectivity index (χ1) is 15.0. The molecule has 3 heterocycles. The third-order valence-corrected chi connectivity index (χ3v) is 6.03. The number of amides is 1. The molecule has 31 heavy (non-hydrogen) atoms. The molecule has 1 aromatic heterocycles. The summed E-state index contributed by atoms with van der Waals surface area (Å²) in [5.74, 6) is -0.574. The van der Waals surface area contributed by atoms with Gasteiger partial charge in [-0.05, 0) is 32.0 Å². The number of carbonyl (C=O) groups excluding carboxylic acids is 2. The highest BCUT2D eigenvalue weighted by Gasteiger charge is 2.41. The van der Waals surface area contributed by atoms with Gasteiger partial charge in [-0.1, -0.05) is 0 Å². The molecule has 1 spiro atoms. The molecule has 0 saturated carbocycles. The third kappa shape index (κ3) is 4.26. The summed E-state index contributed by atoms with van der Waals surface area (Å²) in [7, 11) is 1.57. The minimum absolute atomic E-state index is 0.196. The van der Waals surface area contributed by atoms with Crippen molar-refractivity contribution in [3.05, 3.63) is 23.9 Å². The Balaban J connectivity index is 1.54. The van der Waals surface area contributed by atoms with E-state index < -0.39 is 11.8 Å².